The fourth-order valence-electron chi connectivity index (χ4n) is 3.65. The van der Waals surface area contributed by atoms with Crippen molar-refractivity contribution in [3.8, 4) is 0 Å². The van der Waals surface area contributed by atoms with Crippen molar-refractivity contribution < 1.29 is 0 Å². The van der Waals surface area contributed by atoms with Crippen LogP contribution in [-0.4, -0.2) is 17.7 Å². The van der Waals surface area contributed by atoms with Gasteiger partial charge in [0.25, 0.3) is 0 Å². The Labute approximate surface area is 128 Å². The molecule has 2 heteroatoms. The van der Waals surface area contributed by atoms with Crippen LogP contribution in [0.4, 0.5) is 11.4 Å². The third kappa shape index (κ3) is 2.19. The predicted octanol–water partition coefficient (Wildman–Crippen LogP) is 4.53. The van der Waals surface area contributed by atoms with E-state index in [9.17, 15) is 0 Å². The minimum atomic E-state index is 0.0800. The maximum atomic E-state index is 2.53. The summed E-state index contributed by atoms with van der Waals surface area (Å²) in [6.07, 6.45) is 0.333. The second kappa shape index (κ2) is 5.10. The van der Waals surface area contributed by atoms with Crippen molar-refractivity contribution in [2.24, 2.45) is 0 Å². The van der Waals surface area contributed by atoms with Crippen molar-refractivity contribution in [1.82, 2.24) is 0 Å². The third-order valence-corrected chi connectivity index (χ3v) is 4.93. The van der Waals surface area contributed by atoms with Gasteiger partial charge in [-0.2, -0.15) is 0 Å². The van der Waals surface area contributed by atoms with E-state index in [1.54, 1.807) is 0 Å². The molecule has 2 nitrogen and oxygen atoms in total. The largest absolute Gasteiger partial charge is 0.346 e. The lowest BCUT2D eigenvalue weighted by atomic mass is 9.95. The van der Waals surface area contributed by atoms with E-state index in [4.69, 9.17) is 0 Å². The van der Waals surface area contributed by atoms with Gasteiger partial charge in [0.05, 0.1) is 17.7 Å². The highest BCUT2D eigenvalue weighted by atomic mass is 15.5. The predicted molar refractivity (Wildman–Crippen MR) is 90.8 cm³/mol. The van der Waals surface area contributed by atoms with Crippen LogP contribution < -0.4 is 9.80 Å². The van der Waals surface area contributed by atoms with Crippen LogP contribution in [0.2, 0.25) is 0 Å². The Kier molecular flexibility index (Phi) is 3.40. The molecular weight excluding hydrogens is 256 g/mol. The van der Waals surface area contributed by atoms with E-state index in [0.29, 0.717) is 12.2 Å². The first-order valence-electron chi connectivity index (χ1n) is 7.71. The molecule has 1 heterocycles. The van der Waals surface area contributed by atoms with Crippen molar-refractivity contribution in [3.63, 3.8) is 0 Å². The summed E-state index contributed by atoms with van der Waals surface area (Å²) >= 11 is 0. The smallest absolute Gasteiger partial charge is 0.0996 e. The average molecular weight is 280 g/mol. The van der Waals surface area contributed by atoms with E-state index < -0.39 is 0 Å². The minimum absolute atomic E-state index is 0.0800. The molecule has 2 unspecified atom stereocenters. The molecule has 2 aromatic rings. The molecule has 3 rings (SSSR count). The number of para-hydroxylation sites is 2. The zero-order valence-electron chi connectivity index (χ0n) is 13.3. The second-order valence-corrected chi connectivity index (χ2v) is 6.41. The van der Waals surface area contributed by atoms with Crippen LogP contribution in [0.3, 0.4) is 0 Å². The summed E-state index contributed by atoms with van der Waals surface area (Å²) in [5.41, 5.74) is 2.67. The third-order valence-electron chi connectivity index (χ3n) is 4.93. The fourth-order valence-corrected chi connectivity index (χ4v) is 3.65. The molecule has 0 radical (unpaired) electrons. The minimum Gasteiger partial charge on any atom is -0.346 e. The topological polar surface area (TPSA) is 6.48 Å². The Balaban J connectivity index is 2.04. The van der Waals surface area contributed by atoms with Gasteiger partial charge >= 0.3 is 0 Å². The lowest BCUT2D eigenvalue weighted by molar-refractivity contribution is 0.464. The molecule has 2 atom stereocenters. The average Bonchev–Trinajstić information content (AvgIpc) is 2.67. The van der Waals surface area contributed by atoms with Gasteiger partial charge in [-0.25, -0.2) is 0 Å². The van der Waals surface area contributed by atoms with Crippen molar-refractivity contribution in [1.29, 1.82) is 0 Å². The van der Waals surface area contributed by atoms with E-state index in [1.807, 2.05) is 0 Å². The van der Waals surface area contributed by atoms with Gasteiger partial charge in [-0.05, 0) is 52.0 Å². The second-order valence-electron chi connectivity index (χ2n) is 6.41. The molecule has 2 aromatic carbocycles. The van der Waals surface area contributed by atoms with Crippen LogP contribution in [0.1, 0.15) is 27.7 Å². The van der Waals surface area contributed by atoms with Gasteiger partial charge in [0.1, 0.15) is 0 Å². The molecule has 0 amide bonds. The molecular formula is C19H24N2. The van der Waals surface area contributed by atoms with Gasteiger partial charge in [-0.1, -0.05) is 36.4 Å². The quantitative estimate of drug-likeness (QED) is 0.797. The molecule has 1 aliphatic heterocycles. The van der Waals surface area contributed by atoms with Crippen molar-refractivity contribution >= 4 is 11.4 Å². The molecule has 0 aliphatic carbocycles. The molecule has 0 N–H and O–H groups in total. The maximum absolute atomic E-state index is 2.53. The number of hydrogen-bond acceptors (Lipinski definition) is 2. The van der Waals surface area contributed by atoms with Gasteiger partial charge in [0, 0.05) is 11.4 Å². The van der Waals surface area contributed by atoms with Gasteiger partial charge in [0.2, 0.25) is 0 Å². The summed E-state index contributed by atoms with van der Waals surface area (Å²) in [4.78, 5) is 5.05. The van der Waals surface area contributed by atoms with E-state index in [0.717, 1.165) is 0 Å². The van der Waals surface area contributed by atoms with Crippen LogP contribution in [0.25, 0.3) is 0 Å². The Morgan fingerprint density at radius 2 is 1.24 bits per heavy atom. The highest BCUT2D eigenvalue weighted by molar-refractivity contribution is 5.60. The molecule has 0 saturated carbocycles. The zero-order valence-corrected chi connectivity index (χ0v) is 13.3. The maximum Gasteiger partial charge on any atom is 0.0996 e. The number of nitrogens with zero attached hydrogens (tertiary/aromatic N) is 2. The molecule has 0 bridgehead atoms. The SMILES string of the molecule is CC1N(c2ccccc2)C(C)C(C)(C)N1c1ccccc1. The highest BCUT2D eigenvalue weighted by Gasteiger charge is 2.48. The summed E-state index contributed by atoms with van der Waals surface area (Å²) in [5, 5.41) is 0. The first-order chi connectivity index (χ1) is 10.0. The van der Waals surface area contributed by atoms with Crippen LogP contribution in [-0.2, 0) is 0 Å². The highest BCUT2D eigenvalue weighted by Crippen LogP contribution is 2.41. The fraction of sp³-hybridized carbons (Fsp3) is 0.368. The normalized spacial score (nSPS) is 24.4. The molecule has 1 saturated heterocycles. The van der Waals surface area contributed by atoms with Gasteiger partial charge in [0.15, 0.2) is 0 Å². The monoisotopic (exact) mass is 280 g/mol. The number of hydrogen-bond donors (Lipinski definition) is 0. The summed E-state index contributed by atoms with van der Waals surface area (Å²) in [7, 11) is 0. The number of anilines is 2. The van der Waals surface area contributed by atoms with Gasteiger partial charge in [-0.15, -0.1) is 0 Å². The molecule has 1 fully saturated rings. The molecule has 110 valence electrons. The molecule has 0 spiro atoms. The Bertz CT molecular complexity index is 591. The Morgan fingerprint density at radius 1 is 0.762 bits per heavy atom. The summed E-state index contributed by atoms with van der Waals surface area (Å²) < 4.78 is 0. The Hall–Kier alpha value is -1.96. The van der Waals surface area contributed by atoms with Gasteiger partial charge < -0.3 is 9.80 Å². The first-order valence-corrected chi connectivity index (χ1v) is 7.71. The summed E-state index contributed by atoms with van der Waals surface area (Å²) in [6, 6.07) is 21.9. The first kappa shape index (κ1) is 14.0. The van der Waals surface area contributed by atoms with Crippen LogP contribution in [0, 0.1) is 0 Å². The van der Waals surface area contributed by atoms with Crippen LogP contribution in [0.15, 0.2) is 60.7 Å². The van der Waals surface area contributed by atoms with Gasteiger partial charge in [-0.3, -0.25) is 0 Å². The Morgan fingerprint density at radius 3 is 1.76 bits per heavy atom. The summed E-state index contributed by atoms with van der Waals surface area (Å²) in [6.45, 7) is 9.30. The molecule has 21 heavy (non-hydrogen) atoms. The standard InChI is InChI=1S/C19H24N2/c1-15-19(3,4)21(18-13-9-6-10-14-18)16(2)20(15)17-11-7-5-8-12-17/h5-16H,1-4H3. The van der Waals surface area contributed by atoms with E-state index >= 15 is 0 Å². The molecule has 1 aliphatic rings. The van der Waals surface area contributed by atoms with E-state index in [1.165, 1.54) is 11.4 Å². The van der Waals surface area contributed by atoms with Crippen molar-refractivity contribution in [3.05, 3.63) is 60.7 Å². The number of rotatable bonds is 2. The lowest BCUT2D eigenvalue weighted by Gasteiger charge is -2.36. The van der Waals surface area contributed by atoms with E-state index in [-0.39, 0.29) is 5.54 Å². The molecule has 0 aromatic heterocycles. The van der Waals surface area contributed by atoms with Crippen molar-refractivity contribution in [2.75, 3.05) is 9.80 Å². The van der Waals surface area contributed by atoms with Crippen LogP contribution >= 0.6 is 0 Å². The van der Waals surface area contributed by atoms with Crippen LogP contribution in [0.5, 0.6) is 0 Å². The van der Waals surface area contributed by atoms with Crippen molar-refractivity contribution in [2.45, 2.75) is 45.4 Å². The zero-order chi connectivity index (χ0) is 15.0. The van der Waals surface area contributed by atoms with E-state index in [2.05, 4.69) is 98.2 Å². The summed E-state index contributed by atoms with van der Waals surface area (Å²) in [5.74, 6) is 0. The number of benzene rings is 2. The lowest BCUT2D eigenvalue weighted by Crippen LogP contribution is -2.46.